The van der Waals surface area contributed by atoms with Crippen molar-refractivity contribution in [3.8, 4) is 6.01 Å². The van der Waals surface area contributed by atoms with Crippen LogP contribution in [0.3, 0.4) is 0 Å². The van der Waals surface area contributed by atoms with Crippen LogP contribution in [0.4, 0.5) is 10.3 Å². The molecule has 0 spiro atoms. The topological polar surface area (TPSA) is 79.9 Å². The van der Waals surface area contributed by atoms with E-state index < -0.39 is 11.7 Å². The molecule has 19 heavy (non-hydrogen) atoms. The van der Waals surface area contributed by atoms with Crippen LogP contribution in [0.1, 0.15) is 17.3 Å². The highest BCUT2D eigenvalue weighted by Crippen LogP contribution is 2.20. The summed E-state index contributed by atoms with van der Waals surface area (Å²) < 4.78 is 19.0. The molecule has 1 aromatic heterocycles. The zero-order valence-electron chi connectivity index (χ0n) is 9.91. The van der Waals surface area contributed by atoms with Crippen molar-refractivity contribution in [1.29, 1.82) is 0 Å². The second-order valence-corrected chi connectivity index (χ2v) is 4.30. The van der Waals surface area contributed by atoms with E-state index in [1.165, 1.54) is 12.1 Å². The number of aromatic nitrogens is 3. The van der Waals surface area contributed by atoms with E-state index >= 15 is 0 Å². The Bertz CT molecular complexity index is 582. The van der Waals surface area contributed by atoms with Crippen molar-refractivity contribution in [2.75, 3.05) is 11.9 Å². The van der Waals surface area contributed by atoms with Gasteiger partial charge < -0.3 is 4.74 Å². The number of benzene rings is 1. The molecule has 1 heterocycles. The molecule has 100 valence electrons. The number of halogens is 2. The summed E-state index contributed by atoms with van der Waals surface area (Å²) in [7, 11) is 0. The summed E-state index contributed by atoms with van der Waals surface area (Å²) in [6, 6.07) is 4.39. The Hall–Kier alpha value is -1.96. The first kappa shape index (κ1) is 13.5. The van der Waals surface area contributed by atoms with Crippen LogP contribution >= 0.6 is 15.9 Å². The van der Waals surface area contributed by atoms with E-state index in [-0.39, 0.29) is 17.5 Å². The van der Waals surface area contributed by atoms with E-state index in [9.17, 15) is 9.18 Å². The van der Waals surface area contributed by atoms with E-state index in [0.717, 1.165) is 0 Å². The van der Waals surface area contributed by atoms with E-state index in [1.54, 1.807) is 13.0 Å². The van der Waals surface area contributed by atoms with Gasteiger partial charge in [-0.15, -0.1) is 5.10 Å². The van der Waals surface area contributed by atoms with Gasteiger partial charge in [-0.1, -0.05) is 6.07 Å². The van der Waals surface area contributed by atoms with Gasteiger partial charge in [-0.25, -0.2) is 9.49 Å². The minimum Gasteiger partial charge on any atom is -0.463 e. The lowest BCUT2D eigenvalue weighted by Crippen LogP contribution is -2.15. The maximum atomic E-state index is 13.6. The predicted molar refractivity (Wildman–Crippen MR) is 69.6 cm³/mol. The molecule has 2 N–H and O–H groups in total. The van der Waals surface area contributed by atoms with Gasteiger partial charge in [-0.2, -0.15) is 4.98 Å². The molecule has 6 nitrogen and oxygen atoms in total. The third-order valence-corrected chi connectivity index (χ3v) is 2.82. The molecule has 2 aromatic rings. The molecule has 0 aliphatic heterocycles. The number of aromatic amines is 1. The van der Waals surface area contributed by atoms with Crippen LogP contribution in [0.2, 0.25) is 0 Å². The summed E-state index contributed by atoms with van der Waals surface area (Å²) in [6.45, 7) is 2.19. The Morgan fingerprint density at radius 3 is 3.05 bits per heavy atom. The Morgan fingerprint density at radius 2 is 2.37 bits per heavy atom. The van der Waals surface area contributed by atoms with Crippen LogP contribution in [-0.2, 0) is 0 Å². The summed E-state index contributed by atoms with van der Waals surface area (Å²) in [6.07, 6.45) is 0. The molecule has 0 fully saturated rings. The summed E-state index contributed by atoms with van der Waals surface area (Å²) in [5, 5.41) is 8.59. The molecule has 0 atom stereocenters. The van der Waals surface area contributed by atoms with Gasteiger partial charge >= 0.3 is 6.01 Å². The maximum absolute atomic E-state index is 13.6. The van der Waals surface area contributed by atoms with Crippen LogP contribution < -0.4 is 10.1 Å². The largest absolute Gasteiger partial charge is 0.463 e. The number of rotatable bonds is 4. The van der Waals surface area contributed by atoms with E-state index in [0.29, 0.717) is 11.1 Å². The molecule has 0 aliphatic rings. The van der Waals surface area contributed by atoms with Crippen molar-refractivity contribution in [3.63, 3.8) is 0 Å². The molecule has 8 heteroatoms. The van der Waals surface area contributed by atoms with Crippen molar-refractivity contribution >= 4 is 27.8 Å². The Labute approximate surface area is 116 Å². The Morgan fingerprint density at radius 1 is 1.58 bits per heavy atom. The first-order chi connectivity index (χ1) is 9.11. The third-order valence-electron chi connectivity index (χ3n) is 2.16. The number of anilines is 1. The van der Waals surface area contributed by atoms with Crippen molar-refractivity contribution < 1.29 is 13.9 Å². The maximum Gasteiger partial charge on any atom is 0.337 e. The van der Waals surface area contributed by atoms with Gasteiger partial charge in [-0.05, 0) is 35.0 Å². The number of H-pyrrole nitrogens is 1. The quantitative estimate of drug-likeness (QED) is 0.902. The monoisotopic (exact) mass is 328 g/mol. The van der Waals surface area contributed by atoms with Gasteiger partial charge in [0.15, 0.2) is 0 Å². The highest BCUT2D eigenvalue weighted by Gasteiger charge is 2.17. The Kier molecular flexibility index (Phi) is 4.10. The minimum absolute atomic E-state index is 0.0867. The number of amides is 1. The molecule has 0 unspecified atom stereocenters. The van der Waals surface area contributed by atoms with Gasteiger partial charge in [0.25, 0.3) is 5.91 Å². The lowest BCUT2D eigenvalue weighted by Gasteiger charge is -2.04. The smallest absolute Gasteiger partial charge is 0.337 e. The number of nitrogens with one attached hydrogen (secondary N) is 2. The first-order valence-corrected chi connectivity index (χ1v) is 6.21. The molecule has 0 bridgehead atoms. The number of nitrogens with zero attached hydrogens (tertiary/aromatic N) is 2. The number of carbonyl (C=O) groups is 1. The summed E-state index contributed by atoms with van der Waals surface area (Å²) in [4.78, 5) is 15.8. The second-order valence-electron chi connectivity index (χ2n) is 3.45. The SMILES string of the molecule is CCOc1n[nH]c(NC(=O)c2c(F)cccc2Br)n1. The average molecular weight is 329 g/mol. The zero-order valence-corrected chi connectivity index (χ0v) is 11.5. The highest BCUT2D eigenvalue weighted by molar-refractivity contribution is 9.10. The number of ether oxygens (including phenoxy) is 1. The van der Waals surface area contributed by atoms with Gasteiger partial charge in [0.2, 0.25) is 5.95 Å². The first-order valence-electron chi connectivity index (χ1n) is 5.42. The lowest BCUT2D eigenvalue weighted by molar-refractivity contribution is 0.102. The summed E-state index contributed by atoms with van der Waals surface area (Å²) >= 11 is 3.12. The van der Waals surface area contributed by atoms with Gasteiger partial charge in [0, 0.05) is 4.47 Å². The molecule has 0 aliphatic carbocycles. The van der Waals surface area contributed by atoms with Crippen LogP contribution in [0.15, 0.2) is 22.7 Å². The fourth-order valence-electron chi connectivity index (χ4n) is 1.38. The van der Waals surface area contributed by atoms with Crippen molar-refractivity contribution in [3.05, 3.63) is 34.1 Å². The van der Waals surface area contributed by atoms with E-state index in [2.05, 4.69) is 36.4 Å². The second kappa shape index (κ2) is 5.79. The lowest BCUT2D eigenvalue weighted by atomic mass is 10.2. The minimum atomic E-state index is -0.635. The zero-order chi connectivity index (χ0) is 13.8. The normalized spacial score (nSPS) is 10.3. The fourth-order valence-corrected chi connectivity index (χ4v) is 1.90. The van der Waals surface area contributed by atoms with Crippen LogP contribution in [0, 0.1) is 5.82 Å². The predicted octanol–water partition coefficient (Wildman–Crippen LogP) is 2.36. The molecule has 0 radical (unpaired) electrons. The highest BCUT2D eigenvalue weighted by atomic mass is 79.9. The standard InChI is InChI=1S/C11H10BrFN4O2/c1-2-19-11-15-10(16-17-11)14-9(18)8-6(12)4-3-5-7(8)13/h3-5H,2H2,1H3,(H2,14,15,16,17,18). The summed E-state index contributed by atoms with van der Waals surface area (Å²) in [5.41, 5.74) is -0.100. The molecule has 0 saturated carbocycles. The molecule has 2 rings (SSSR count). The van der Waals surface area contributed by atoms with Crippen LogP contribution in [-0.4, -0.2) is 27.7 Å². The molecule has 0 saturated heterocycles. The fraction of sp³-hybridized carbons (Fsp3) is 0.182. The van der Waals surface area contributed by atoms with Crippen LogP contribution in [0.25, 0.3) is 0 Å². The van der Waals surface area contributed by atoms with Gasteiger partial charge in [-0.3, -0.25) is 10.1 Å². The van der Waals surface area contributed by atoms with Gasteiger partial charge in [0.05, 0.1) is 12.2 Å². The number of hydrogen-bond acceptors (Lipinski definition) is 4. The van der Waals surface area contributed by atoms with E-state index in [1.807, 2.05) is 0 Å². The third kappa shape index (κ3) is 3.08. The number of hydrogen-bond donors (Lipinski definition) is 2. The van der Waals surface area contributed by atoms with Crippen LogP contribution in [0.5, 0.6) is 6.01 Å². The van der Waals surface area contributed by atoms with Crippen molar-refractivity contribution in [2.24, 2.45) is 0 Å². The van der Waals surface area contributed by atoms with E-state index in [4.69, 9.17) is 4.74 Å². The molecular weight excluding hydrogens is 319 g/mol. The van der Waals surface area contributed by atoms with Gasteiger partial charge in [0.1, 0.15) is 5.82 Å². The number of carbonyl (C=O) groups excluding carboxylic acids is 1. The summed E-state index contributed by atoms with van der Waals surface area (Å²) in [5.74, 6) is -1.18. The average Bonchev–Trinajstić information content (AvgIpc) is 2.77. The molecular formula is C11H10BrFN4O2. The molecule has 1 aromatic carbocycles. The van der Waals surface area contributed by atoms with Crippen molar-refractivity contribution in [2.45, 2.75) is 6.92 Å². The van der Waals surface area contributed by atoms with Crippen molar-refractivity contribution in [1.82, 2.24) is 15.2 Å². The molecule has 1 amide bonds. The Balaban J connectivity index is 2.16.